The molecule has 0 atom stereocenters. The van der Waals surface area contributed by atoms with Crippen molar-refractivity contribution >= 4 is 54.3 Å². The standard InChI is InChI=1S/C51H31N3O/c1-2-11-32(12-3-1)35-14-8-16-39(30-35)49-52-50(54-51(53-49)44-20-10-22-46-48(44)43-19-6-7-21-45(43)55-46)40-17-9-15-36(31-40)37-27-28-42-38(29-37)26-25-34-24-23-33-13-4-5-18-41(33)47(34)42/h1-31H. The van der Waals surface area contributed by atoms with Crippen LogP contribution in [0.5, 0.6) is 0 Å². The van der Waals surface area contributed by atoms with Gasteiger partial charge in [-0.25, -0.2) is 15.0 Å². The second-order valence-corrected chi connectivity index (χ2v) is 14.0. The van der Waals surface area contributed by atoms with E-state index in [4.69, 9.17) is 19.4 Å². The van der Waals surface area contributed by atoms with E-state index in [-0.39, 0.29) is 0 Å². The first-order chi connectivity index (χ1) is 27.2. The number of aromatic nitrogens is 3. The maximum atomic E-state index is 6.28. The second kappa shape index (κ2) is 12.6. The van der Waals surface area contributed by atoms with Gasteiger partial charge in [0, 0.05) is 27.5 Å². The Kier molecular flexibility index (Phi) is 7.14. The van der Waals surface area contributed by atoms with Crippen LogP contribution in [0.25, 0.3) is 111 Å². The van der Waals surface area contributed by atoms with Crippen LogP contribution in [0.3, 0.4) is 0 Å². The molecule has 0 saturated carbocycles. The Bertz CT molecular complexity index is 3270. The van der Waals surface area contributed by atoms with Crippen LogP contribution in [0.2, 0.25) is 0 Å². The fourth-order valence-corrected chi connectivity index (χ4v) is 8.04. The van der Waals surface area contributed by atoms with Crippen molar-refractivity contribution in [3.63, 3.8) is 0 Å². The molecule has 2 heterocycles. The Morgan fingerprint density at radius 3 is 1.64 bits per heavy atom. The molecule has 0 saturated heterocycles. The fraction of sp³-hybridized carbons (Fsp3) is 0. The lowest BCUT2D eigenvalue weighted by Gasteiger charge is -2.12. The molecule has 0 aliphatic carbocycles. The average Bonchev–Trinajstić information content (AvgIpc) is 3.65. The van der Waals surface area contributed by atoms with Crippen molar-refractivity contribution in [2.45, 2.75) is 0 Å². The summed E-state index contributed by atoms with van der Waals surface area (Å²) < 4.78 is 6.28. The zero-order chi connectivity index (χ0) is 36.3. The Hall–Kier alpha value is -7.43. The Morgan fingerprint density at radius 1 is 0.291 bits per heavy atom. The van der Waals surface area contributed by atoms with Crippen molar-refractivity contribution in [2.24, 2.45) is 0 Å². The topological polar surface area (TPSA) is 51.8 Å². The SMILES string of the molecule is c1ccc(-c2cccc(-c3nc(-c4cccc(-c5ccc6c(ccc7ccc8ccccc8c76)c5)c4)nc(-c4cccc5oc6ccccc6c45)n3)c2)cc1. The molecule has 0 aliphatic heterocycles. The monoisotopic (exact) mass is 701 g/mol. The van der Waals surface area contributed by atoms with Gasteiger partial charge in [0.05, 0.1) is 0 Å². The van der Waals surface area contributed by atoms with E-state index in [0.717, 1.165) is 60.9 Å². The number of para-hydroxylation sites is 1. The van der Waals surface area contributed by atoms with Gasteiger partial charge in [0.1, 0.15) is 11.2 Å². The average molecular weight is 702 g/mol. The summed E-state index contributed by atoms with van der Waals surface area (Å²) >= 11 is 0. The molecule has 2 aromatic heterocycles. The number of nitrogens with zero attached hydrogens (tertiary/aromatic N) is 3. The summed E-state index contributed by atoms with van der Waals surface area (Å²) in [6.07, 6.45) is 0. The number of rotatable bonds is 5. The molecule has 4 heteroatoms. The number of fused-ring (bicyclic) bond motifs is 8. The summed E-state index contributed by atoms with van der Waals surface area (Å²) in [6, 6.07) is 65.9. The van der Waals surface area contributed by atoms with Crippen LogP contribution in [-0.4, -0.2) is 15.0 Å². The van der Waals surface area contributed by atoms with Gasteiger partial charge in [-0.15, -0.1) is 0 Å². The fourth-order valence-electron chi connectivity index (χ4n) is 8.04. The van der Waals surface area contributed by atoms with Crippen molar-refractivity contribution in [3.05, 3.63) is 188 Å². The van der Waals surface area contributed by atoms with E-state index in [1.54, 1.807) is 0 Å². The number of hydrogen-bond acceptors (Lipinski definition) is 4. The summed E-state index contributed by atoms with van der Waals surface area (Å²) in [5.41, 5.74) is 8.82. The normalized spacial score (nSPS) is 11.6. The minimum absolute atomic E-state index is 0.595. The molecule has 0 aliphatic rings. The van der Waals surface area contributed by atoms with Gasteiger partial charge in [-0.3, -0.25) is 0 Å². The summed E-state index contributed by atoms with van der Waals surface area (Å²) in [4.78, 5) is 15.5. The third-order valence-corrected chi connectivity index (χ3v) is 10.7. The molecule has 0 amide bonds. The third-order valence-electron chi connectivity index (χ3n) is 10.7. The van der Waals surface area contributed by atoms with E-state index in [0.29, 0.717) is 17.5 Å². The molecule has 4 nitrogen and oxygen atoms in total. The predicted octanol–water partition coefficient (Wildman–Crippen LogP) is 13.6. The molecule has 9 aromatic carbocycles. The van der Waals surface area contributed by atoms with E-state index in [2.05, 4.69) is 152 Å². The van der Waals surface area contributed by atoms with E-state index in [9.17, 15) is 0 Å². The minimum Gasteiger partial charge on any atom is -0.456 e. The molecular formula is C51H31N3O. The first-order valence-corrected chi connectivity index (χ1v) is 18.5. The zero-order valence-corrected chi connectivity index (χ0v) is 29.6. The van der Waals surface area contributed by atoms with E-state index in [1.807, 2.05) is 36.4 Å². The molecule has 0 unspecified atom stereocenters. The van der Waals surface area contributed by atoms with E-state index in [1.165, 1.54) is 32.3 Å². The van der Waals surface area contributed by atoms with Crippen molar-refractivity contribution in [1.29, 1.82) is 0 Å². The molecule has 0 radical (unpaired) electrons. The quantitative estimate of drug-likeness (QED) is 0.168. The van der Waals surface area contributed by atoms with Crippen molar-refractivity contribution in [1.82, 2.24) is 15.0 Å². The van der Waals surface area contributed by atoms with Gasteiger partial charge in [0.25, 0.3) is 0 Å². The van der Waals surface area contributed by atoms with Gasteiger partial charge in [-0.1, -0.05) is 158 Å². The lowest BCUT2D eigenvalue weighted by atomic mass is 9.94. The molecule has 11 aromatic rings. The Labute approximate surface area is 317 Å². The lowest BCUT2D eigenvalue weighted by molar-refractivity contribution is 0.669. The number of benzene rings is 9. The first-order valence-electron chi connectivity index (χ1n) is 18.5. The highest BCUT2D eigenvalue weighted by atomic mass is 16.3. The van der Waals surface area contributed by atoms with Gasteiger partial charge in [0.15, 0.2) is 17.5 Å². The lowest BCUT2D eigenvalue weighted by Crippen LogP contribution is -2.00. The van der Waals surface area contributed by atoms with Crippen molar-refractivity contribution < 1.29 is 4.42 Å². The van der Waals surface area contributed by atoms with E-state index >= 15 is 0 Å². The highest BCUT2D eigenvalue weighted by molar-refractivity contribution is 6.20. The predicted molar refractivity (Wildman–Crippen MR) is 227 cm³/mol. The maximum absolute atomic E-state index is 6.28. The Balaban J connectivity index is 1.08. The minimum atomic E-state index is 0.595. The molecule has 55 heavy (non-hydrogen) atoms. The summed E-state index contributed by atoms with van der Waals surface area (Å²) in [5, 5.41) is 9.53. The van der Waals surface area contributed by atoms with Crippen LogP contribution in [0.15, 0.2) is 192 Å². The summed E-state index contributed by atoms with van der Waals surface area (Å²) in [6.45, 7) is 0. The molecule has 11 rings (SSSR count). The van der Waals surface area contributed by atoms with Gasteiger partial charge < -0.3 is 4.42 Å². The second-order valence-electron chi connectivity index (χ2n) is 14.0. The highest BCUT2D eigenvalue weighted by Crippen LogP contribution is 2.38. The van der Waals surface area contributed by atoms with Gasteiger partial charge in [-0.2, -0.15) is 0 Å². The van der Waals surface area contributed by atoms with E-state index < -0.39 is 0 Å². The molecule has 0 fully saturated rings. The number of hydrogen-bond donors (Lipinski definition) is 0. The van der Waals surface area contributed by atoms with Gasteiger partial charge >= 0.3 is 0 Å². The molecule has 0 N–H and O–H groups in total. The van der Waals surface area contributed by atoms with Gasteiger partial charge in [-0.05, 0) is 84.9 Å². The smallest absolute Gasteiger partial charge is 0.164 e. The largest absolute Gasteiger partial charge is 0.456 e. The van der Waals surface area contributed by atoms with Crippen molar-refractivity contribution in [3.8, 4) is 56.4 Å². The maximum Gasteiger partial charge on any atom is 0.164 e. The highest BCUT2D eigenvalue weighted by Gasteiger charge is 2.18. The van der Waals surface area contributed by atoms with Crippen molar-refractivity contribution in [2.75, 3.05) is 0 Å². The third kappa shape index (κ3) is 5.34. The van der Waals surface area contributed by atoms with Crippen LogP contribution in [0, 0.1) is 0 Å². The van der Waals surface area contributed by atoms with Crippen LogP contribution in [0.4, 0.5) is 0 Å². The first kappa shape index (κ1) is 31.1. The van der Waals surface area contributed by atoms with Crippen LogP contribution in [-0.2, 0) is 0 Å². The molecular weight excluding hydrogens is 671 g/mol. The molecule has 0 bridgehead atoms. The number of furan rings is 1. The molecule has 256 valence electrons. The Morgan fingerprint density at radius 2 is 0.836 bits per heavy atom. The summed E-state index contributed by atoms with van der Waals surface area (Å²) in [5.74, 6) is 1.81. The van der Waals surface area contributed by atoms with Crippen LogP contribution < -0.4 is 0 Å². The van der Waals surface area contributed by atoms with Crippen LogP contribution >= 0.6 is 0 Å². The molecule has 0 spiro atoms. The zero-order valence-electron chi connectivity index (χ0n) is 29.6. The summed E-state index contributed by atoms with van der Waals surface area (Å²) in [7, 11) is 0. The van der Waals surface area contributed by atoms with Crippen LogP contribution in [0.1, 0.15) is 0 Å². The van der Waals surface area contributed by atoms with Gasteiger partial charge in [0.2, 0.25) is 0 Å².